The first-order valence-electron chi connectivity index (χ1n) is 6.72. The Kier molecular flexibility index (Phi) is 4.34. The fraction of sp³-hybridized carbons (Fsp3) is 0.118. The molecule has 0 saturated carbocycles. The topological polar surface area (TPSA) is 31.4 Å². The van der Waals surface area contributed by atoms with Crippen molar-refractivity contribution in [1.29, 1.82) is 0 Å². The molecule has 112 valence electrons. The van der Waals surface area contributed by atoms with Gasteiger partial charge in [0.1, 0.15) is 28.9 Å². The van der Waals surface area contributed by atoms with Crippen LogP contribution in [0.3, 0.4) is 0 Å². The van der Waals surface area contributed by atoms with Gasteiger partial charge in [-0.3, -0.25) is 0 Å². The van der Waals surface area contributed by atoms with E-state index in [0.717, 1.165) is 27.8 Å². The van der Waals surface area contributed by atoms with E-state index in [1.165, 1.54) is 23.5 Å². The van der Waals surface area contributed by atoms with Crippen molar-refractivity contribution in [2.75, 3.05) is 7.11 Å². The molecule has 0 aliphatic carbocycles. The van der Waals surface area contributed by atoms with Crippen LogP contribution in [0.5, 0.6) is 11.5 Å². The van der Waals surface area contributed by atoms with Gasteiger partial charge in [-0.1, -0.05) is 6.07 Å². The second kappa shape index (κ2) is 6.58. The molecule has 0 radical (unpaired) electrons. The van der Waals surface area contributed by atoms with Gasteiger partial charge < -0.3 is 9.47 Å². The van der Waals surface area contributed by atoms with Gasteiger partial charge >= 0.3 is 0 Å². The second-order valence-corrected chi connectivity index (χ2v) is 5.48. The fourth-order valence-electron chi connectivity index (χ4n) is 1.95. The Morgan fingerprint density at radius 1 is 1.09 bits per heavy atom. The maximum atomic E-state index is 12.9. The normalized spacial score (nSPS) is 10.5. The van der Waals surface area contributed by atoms with Gasteiger partial charge in [-0.15, -0.1) is 11.3 Å². The molecule has 0 atom stereocenters. The maximum Gasteiger partial charge on any atom is 0.131 e. The van der Waals surface area contributed by atoms with Gasteiger partial charge in [-0.05, 0) is 36.4 Å². The second-order valence-electron chi connectivity index (χ2n) is 4.62. The van der Waals surface area contributed by atoms with E-state index in [9.17, 15) is 4.39 Å². The minimum Gasteiger partial charge on any atom is -0.497 e. The first-order chi connectivity index (χ1) is 10.7. The number of hydrogen-bond acceptors (Lipinski definition) is 4. The van der Waals surface area contributed by atoms with E-state index in [-0.39, 0.29) is 5.82 Å². The number of halogens is 1. The lowest BCUT2D eigenvalue weighted by Gasteiger charge is -2.06. The summed E-state index contributed by atoms with van der Waals surface area (Å²) in [6.45, 7) is 0.380. The third kappa shape index (κ3) is 3.43. The lowest BCUT2D eigenvalue weighted by atomic mass is 10.2. The molecule has 0 bridgehead atoms. The SMILES string of the molecule is COc1cccc(OCc2csc(-c3ccc(F)cc3)n2)c1. The number of rotatable bonds is 5. The Labute approximate surface area is 132 Å². The molecule has 0 N–H and O–H groups in total. The number of aromatic nitrogens is 1. The van der Waals surface area contributed by atoms with Crippen molar-refractivity contribution in [3.05, 3.63) is 65.4 Å². The van der Waals surface area contributed by atoms with E-state index in [4.69, 9.17) is 9.47 Å². The third-order valence-electron chi connectivity index (χ3n) is 3.07. The largest absolute Gasteiger partial charge is 0.497 e. The summed E-state index contributed by atoms with van der Waals surface area (Å²) in [7, 11) is 1.62. The summed E-state index contributed by atoms with van der Waals surface area (Å²) < 4.78 is 23.8. The third-order valence-corrected chi connectivity index (χ3v) is 4.01. The Morgan fingerprint density at radius 3 is 2.64 bits per heavy atom. The Hall–Kier alpha value is -2.40. The average Bonchev–Trinajstić information content (AvgIpc) is 3.03. The molecule has 0 fully saturated rings. The zero-order chi connectivity index (χ0) is 15.4. The maximum absolute atomic E-state index is 12.9. The van der Waals surface area contributed by atoms with Crippen LogP contribution in [0.15, 0.2) is 53.9 Å². The molecule has 0 amide bonds. The van der Waals surface area contributed by atoms with Crippen LogP contribution in [0.2, 0.25) is 0 Å². The molecular formula is C17H14FNO2S. The number of thiazole rings is 1. The molecule has 22 heavy (non-hydrogen) atoms. The molecule has 1 aromatic heterocycles. The van der Waals surface area contributed by atoms with Gasteiger partial charge in [0.2, 0.25) is 0 Å². The first kappa shape index (κ1) is 14.5. The van der Waals surface area contributed by atoms with Crippen LogP contribution in [-0.4, -0.2) is 12.1 Å². The van der Waals surface area contributed by atoms with E-state index in [1.54, 1.807) is 19.2 Å². The smallest absolute Gasteiger partial charge is 0.131 e. The van der Waals surface area contributed by atoms with E-state index in [1.807, 2.05) is 29.6 Å². The van der Waals surface area contributed by atoms with Gasteiger partial charge in [0.15, 0.2) is 0 Å². The van der Waals surface area contributed by atoms with Crippen molar-refractivity contribution in [2.24, 2.45) is 0 Å². The molecule has 5 heteroatoms. The number of ether oxygens (including phenoxy) is 2. The molecule has 0 saturated heterocycles. The summed E-state index contributed by atoms with van der Waals surface area (Å²) in [4.78, 5) is 4.51. The monoisotopic (exact) mass is 315 g/mol. The highest BCUT2D eigenvalue weighted by atomic mass is 32.1. The van der Waals surface area contributed by atoms with E-state index in [0.29, 0.717) is 6.61 Å². The predicted octanol–water partition coefficient (Wildman–Crippen LogP) is 4.54. The van der Waals surface area contributed by atoms with Crippen LogP contribution in [0.1, 0.15) is 5.69 Å². The van der Waals surface area contributed by atoms with Gasteiger partial charge in [0.05, 0.1) is 12.8 Å². The highest BCUT2D eigenvalue weighted by Gasteiger charge is 2.06. The minimum absolute atomic E-state index is 0.248. The van der Waals surface area contributed by atoms with Crippen LogP contribution < -0.4 is 9.47 Å². The molecular weight excluding hydrogens is 301 g/mol. The standard InChI is InChI=1S/C17H14FNO2S/c1-20-15-3-2-4-16(9-15)21-10-14-11-22-17(19-14)12-5-7-13(18)8-6-12/h2-9,11H,10H2,1H3. The summed E-state index contributed by atoms with van der Waals surface area (Å²) in [6, 6.07) is 13.7. The van der Waals surface area contributed by atoms with Crippen molar-refractivity contribution < 1.29 is 13.9 Å². The molecule has 2 aromatic carbocycles. The van der Waals surface area contributed by atoms with Gasteiger partial charge in [-0.25, -0.2) is 9.37 Å². The summed E-state index contributed by atoms with van der Waals surface area (Å²) >= 11 is 1.51. The highest BCUT2D eigenvalue weighted by Crippen LogP contribution is 2.25. The zero-order valence-electron chi connectivity index (χ0n) is 12.0. The van der Waals surface area contributed by atoms with Crippen LogP contribution in [0.25, 0.3) is 10.6 Å². The highest BCUT2D eigenvalue weighted by molar-refractivity contribution is 7.13. The summed E-state index contributed by atoms with van der Waals surface area (Å²) in [5, 5.41) is 2.79. The van der Waals surface area contributed by atoms with Crippen LogP contribution >= 0.6 is 11.3 Å². The van der Waals surface area contributed by atoms with Crippen LogP contribution in [0, 0.1) is 5.82 Å². The molecule has 0 aliphatic rings. The zero-order valence-corrected chi connectivity index (χ0v) is 12.8. The molecule has 3 rings (SSSR count). The molecule has 0 spiro atoms. The van der Waals surface area contributed by atoms with Crippen molar-refractivity contribution in [2.45, 2.75) is 6.61 Å². The number of methoxy groups -OCH3 is 1. The van der Waals surface area contributed by atoms with Crippen molar-refractivity contribution in [3.63, 3.8) is 0 Å². The molecule has 0 unspecified atom stereocenters. The number of nitrogens with zero attached hydrogens (tertiary/aromatic N) is 1. The fourth-order valence-corrected chi connectivity index (χ4v) is 2.76. The molecule has 1 heterocycles. The van der Waals surface area contributed by atoms with E-state index < -0.39 is 0 Å². The Bertz CT molecular complexity index is 755. The van der Waals surface area contributed by atoms with Crippen molar-refractivity contribution >= 4 is 11.3 Å². The van der Waals surface area contributed by atoms with Crippen molar-refractivity contribution in [3.8, 4) is 22.1 Å². The van der Waals surface area contributed by atoms with Crippen LogP contribution in [-0.2, 0) is 6.61 Å². The lowest BCUT2D eigenvalue weighted by Crippen LogP contribution is -1.96. The quantitative estimate of drug-likeness (QED) is 0.693. The summed E-state index contributed by atoms with van der Waals surface area (Å²) in [6.07, 6.45) is 0. The van der Waals surface area contributed by atoms with Crippen molar-refractivity contribution in [1.82, 2.24) is 4.98 Å². The summed E-state index contributed by atoms with van der Waals surface area (Å²) in [5.41, 5.74) is 1.74. The molecule has 3 nitrogen and oxygen atoms in total. The molecule has 0 aliphatic heterocycles. The Balaban J connectivity index is 1.67. The first-order valence-corrected chi connectivity index (χ1v) is 7.60. The lowest BCUT2D eigenvalue weighted by molar-refractivity contribution is 0.300. The van der Waals surface area contributed by atoms with Crippen LogP contribution in [0.4, 0.5) is 4.39 Å². The Morgan fingerprint density at radius 2 is 1.86 bits per heavy atom. The average molecular weight is 315 g/mol. The summed E-state index contributed by atoms with van der Waals surface area (Å²) in [5.74, 6) is 1.24. The predicted molar refractivity (Wildman–Crippen MR) is 84.8 cm³/mol. The van der Waals surface area contributed by atoms with E-state index >= 15 is 0 Å². The van der Waals surface area contributed by atoms with E-state index in [2.05, 4.69) is 4.98 Å². The van der Waals surface area contributed by atoms with Gasteiger partial charge in [-0.2, -0.15) is 0 Å². The number of benzene rings is 2. The minimum atomic E-state index is -0.248. The van der Waals surface area contributed by atoms with Gasteiger partial charge in [0.25, 0.3) is 0 Å². The van der Waals surface area contributed by atoms with Gasteiger partial charge in [0, 0.05) is 17.0 Å². The molecule has 3 aromatic rings. The number of hydrogen-bond donors (Lipinski definition) is 0.